The normalized spacial score (nSPS) is 12.4. The maximum absolute atomic E-state index is 4.31. The van der Waals surface area contributed by atoms with Crippen molar-refractivity contribution < 1.29 is 0 Å². The fourth-order valence-electron chi connectivity index (χ4n) is 1.82. The molecule has 16 heavy (non-hydrogen) atoms. The molecule has 1 heterocycles. The van der Waals surface area contributed by atoms with Gasteiger partial charge in [0.05, 0.1) is 6.04 Å². The van der Waals surface area contributed by atoms with E-state index in [-0.39, 0.29) is 6.04 Å². The first-order valence-corrected chi connectivity index (χ1v) is 6.27. The van der Waals surface area contributed by atoms with Gasteiger partial charge in [0, 0.05) is 17.3 Å². The van der Waals surface area contributed by atoms with Crippen molar-refractivity contribution >= 4 is 17.0 Å². The molecular weight excluding hydrogens is 216 g/mol. The third-order valence-corrected chi connectivity index (χ3v) is 3.38. The molecule has 3 heteroatoms. The summed E-state index contributed by atoms with van der Waals surface area (Å²) in [5.41, 5.74) is 3.74. The van der Waals surface area contributed by atoms with Crippen LogP contribution >= 0.6 is 11.3 Å². The lowest BCUT2D eigenvalue weighted by atomic mass is 10.1. The molecule has 2 nitrogen and oxygen atoms in total. The standard InChI is InChI=1S/C13H16N2S/c1-9-6-10(2)8-12(7-9)15-11(3)13-14-4-5-16-13/h4-8,11,15H,1-3H3. The number of hydrogen-bond donors (Lipinski definition) is 1. The molecule has 0 radical (unpaired) electrons. The minimum absolute atomic E-state index is 0.265. The van der Waals surface area contributed by atoms with E-state index >= 15 is 0 Å². The van der Waals surface area contributed by atoms with Crippen LogP contribution in [0.4, 0.5) is 5.69 Å². The lowest BCUT2D eigenvalue weighted by Gasteiger charge is -2.13. The van der Waals surface area contributed by atoms with Crippen molar-refractivity contribution in [3.8, 4) is 0 Å². The number of nitrogens with one attached hydrogen (secondary N) is 1. The highest BCUT2D eigenvalue weighted by Gasteiger charge is 2.07. The van der Waals surface area contributed by atoms with Crippen LogP contribution in [-0.2, 0) is 0 Å². The summed E-state index contributed by atoms with van der Waals surface area (Å²) in [6, 6.07) is 6.77. The smallest absolute Gasteiger partial charge is 0.115 e. The van der Waals surface area contributed by atoms with Gasteiger partial charge in [-0.15, -0.1) is 11.3 Å². The Kier molecular flexibility index (Phi) is 3.25. The van der Waals surface area contributed by atoms with Gasteiger partial charge in [0.1, 0.15) is 5.01 Å². The molecule has 1 aromatic carbocycles. The number of benzene rings is 1. The predicted molar refractivity (Wildman–Crippen MR) is 70.1 cm³/mol. The third kappa shape index (κ3) is 2.61. The number of rotatable bonds is 3. The van der Waals surface area contributed by atoms with Gasteiger partial charge in [-0.05, 0) is 44.0 Å². The van der Waals surface area contributed by atoms with Crippen LogP contribution in [0.5, 0.6) is 0 Å². The summed E-state index contributed by atoms with van der Waals surface area (Å²) in [6.45, 7) is 6.37. The highest BCUT2D eigenvalue weighted by atomic mass is 32.1. The molecule has 2 rings (SSSR count). The fourth-order valence-corrected chi connectivity index (χ4v) is 2.46. The van der Waals surface area contributed by atoms with Crippen molar-refractivity contribution in [3.63, 3.8) is 0 Å². The average molecular weight is 232 g/mol. The Morgan fingerprint density at radius 1 is 1.19 bits per heavy atom. The average Bonchev–Trinajstić information content (AvgIpc) is 2.68. The maximum atomic E-state index is 4.31. The Balaban J connectivity index is 2.15. The zero-order chi connectivity index (χ0) is 11.5. The summed E-state index contributed by atoms with van der Waals surface area (Å²) in [7, 11) is 0. The van der Waals surface area contributed by atoms with E-state index in [9.17, 15) is 0 Å². The molecule has 84 valence electrons. The fraction of sp³-hybridized carbons (Fsp3) is 0.308. The molecule has 0 spiro atoms. The van der Waals surface area contributed by atoms with Crippen LogP contribution in [0.15, 0.2) is 29.8 Å². The molecule has 1 unspecified atom stereocenters. The number of aromatic nitrogens is 1. The molecule has 0 aliphatic heterocycles. The molecule has 0 saturated heterocycles. The Hall–Kier alpha value is -1.35. The van der Waals surface area contributed by atoms with Gasteiger partial charge in [0.25, 0.3) is 0 Å². The molecule has 0 aliphatic carbocycles. The molecule has 1 aromatic heterocycles. The summed E-state index contributed by atoms with van der Waals surface area (Å²) in [6.07, 6.45) is 1.85. The lowest BCUT2D eigenvalue weighted by Crippen LogP contribution is -2.06. The second-order valence-corrected chi connectivity index (χ2v) is 5.04. The molecule has 2 aromatic rings. The van der Waals surface area contributed by atoms with Gasteiger partial charge in [-0.3, -0.25) is 0 Å². The van der Waals surface area contributed by atoms with Gasteiger partial charge in [-0.25, -0.2) is 4.98 Å². The molecular formula is C13H16N2S. The van der Waals surface area contributed by atoms with Crippen LogP contribution in [0.25, 0.3) is 0 Å². The van der Waals surface area contributed by atoms with Crippen molar-refractivity contribution in [2.45, 2.75) is 26.8 Å². The van der Waals surface area contributed by atoms with Crippen LogP contribution in [0.1, 0.15) is 29.1 Å². The summed E-state index contributed by atoms with van der Waals surface area (Å²) >= 11 is 1.69. The van der Waals surface area contributed by atoms with Crippen molar-refractivity contribution in [2.24, 2.45) is 0 Å². The van der Waals surface area contributed by atoms with Gasteiger partial charge >= 0.3 is 0 Å². The number of hydrogen-bond acceptors (Lipinski definition) is 3. The number of anilines is 1. The van der Waals surface area contributed by atoms with E-state index in [0.29, 0.717) is 0 Å². The molecule has 0 bridgehead atoms. The largest absolute Gasteiger partial charge is 0.376 e. The number of nitrogens with zero attached hydrogens (tertiary/aromatic N) is 1. The van der Waals surface area contributed by atoms with E-state index in [1.54, 1.807) is 11.3 Å². The van der Waals surface area contributed by atoms with Crippen molar-refractivity contribution in [3.05, 3.63) is 45.9 Å². The number of aryl methyl sites for hydroxylation is 2. The molecule has 0 saturated carbocycles. The van der Waals surface area contributed by atoms with E-state index in [2.05, 4.69) is 49.3 Å². The third-order valence-electron chi connectivity index (χ3n) is 2.43. The summed E-state index contributed by atoms with van der Waals surface area (Å²) in [5.74, 6) is 0. The van der Waals surface area contributed by atoms with Crippen molar-refractivity contribution in [2.75, 3.05) is 5.32 Å². The predicted octanol–water partition coefficient (Wildman–Crippen LogP) is 3.93. The highest BCUT2D eigenvalue weighted by Crippen LogP contribution is 2.22. The monoisotopic (exact) mass is 232 g/mol. The Morgan fingerprint density at radius 3 is 2.44 bits per heavy atom. The second kappa shape index (κ2) is 4.66. The van der Waals surface area contributed by atoms with Gasteiger partial charge in [0.15, 0.2) is 0 Å². The van der Waals surface area contributed by atoms with Crippen molar-refractivity contribution in [1.29, 1.82) is 0 Å². The van der Waals surface area contributed by atoms with E-state index in [1.165, 1.54) is 16.8 Å². The van der Waals surface area contributed by atoms with Crippen LogP contribution in [0, 0.1) is 13.8 Å². The molecule has 0 fully saturated rings. The highest BCUT2D eigenvalue weighted by molar-refractivity contribution is 7.09. The second-order valence-electron chi connectivity index (χ2n) is 4.11. The van der Waals surface area contributed by atoms with Crippen LogP contribution < -0.4 is 5.32 Å². The zero-order valence-corrected chi connectivity index (χ0v) is 10.6. The van der Waals surface area contributed by atoms with E-state index in [1.807, 2.05) is 11.6 Å². The Bertz CT molecular complexity index is 443. The topological polar surface area (TPSA) is 24.9 Å². The van der Waals surface area contributed by atoms with Gasteiger partial charge in [-0.1, -0.05) is 6.07 Å². The summed E-state index contributed by atoms with van der Waals surface area (Å²) < 4.78 is 0. The quantitative estimate of drug-likeness (QED) is 0.867. The van der Waals surface area contributed by atoms with Gasteiger partial charge in [-0.2, -0.15) is 0 Å². The van der Waals surface area contributed by atoms with Gasteiger partial charge < -0.3 is 5.32 Å². The van der Waals surface area contributed by atoms with Crippen LogP contribution in [0.3, 0.4) is 0 Å². The lowest BCUT2D eigenvalue weighted by molar-refractivity contribution is 0.869. The van der Waals surface area contributed by atoms with E-state index < -0.39 is 0 Å². The first-order chi connectivity index (χ1) is 7.65. The van der Waals surface area contributed by atoms with Crippen molar-refractivity contribution in [1.82, 2.24) is 4.98 Å². The molecule has 0 aliphatic rings. The summed E-state index contributed by atoms with van der Waals surface area (Å²) in [5, 5.41) is 6.61. The first-order valence-electron chi connectivity index (χ1n) is 5.39. The van der Waals surface area contributed by atoms with Crippen LogP contribution in [0.2, 0.25) is 0 Å². The zero-order valence-electron chi connectivity index (χ0n) is 9.82. The molecule has 0 amide bonds. The minimum Gasteiger partial charge on any atom is -0.376 e. The molecule has 1 atom stereocenters. The van der Waals surface area contributed by atoms with E-state index in [0.717, 1.165) is 5.01 Å². The number of thiazole rings is 1. The SMILES string of the molecule is Cc1cc(C)cc(NC(C)c2nccs2)c1. The Labute approximate surface area is 100 Å². The Morgan fingerprint density at radius 2 is 1.88 bits per heavy atom. The summed E-state index contributed by atoms with van der Waals surface area (Å²) in [4.78, 5) is 4.31. The van der Waals surface area contributed by atoms with E-state index in [4.69, 9.17) is 0 Å². The minimum atomic E-state index is 0.265. The van der Waals surface area contributed by atoms with Gasteiger partial charge in [0.2, 0.25) is 0 Å². The maximum Gasteiger partial charge on any atom is 0.115 e. The first kappa shape index (κ1) is 11.1. The molecule has 1 N–H and O–H groups in total. The van der Waals surface area contributed by atoms with Crippen LogP contribution in [-0.4, -0.2) is 4.98 Å².